The van der Waals surface area contributed by atoms with E-state index in [1.807, 2.05) is 24.3 Å². The molecule has 0 aliphatic carbocycles. The summed E-state index contributed by atoms with van der Waals surface area (Å²) < 4.78 is 19.1. The molecule has 0 unspecified atom stereocenters. The molecule has 0 heterocycles. The van der Waals surface area contributed by atoms with Crippen LogP contribution in [-0.4, -0.2) is 6.61 Å². The Balaban J connectivity index is 1.93. The third-order valence-corrected chi connectivity index (χ3v) is 4.03. The van der Waals surface area contributed by atoms with Crippen LogP contribution in [0.1, 0.15) is 5.56 Å². The van der Waals surface area contributed by atoms with E-state index in [9.17, 15) is 4.39 Å². The van der Waals surface area contributed by atoms with Gasteiger partial charge in [0, 0.05) is 17.8 Å². The zero-order valence-corrected chi connectivity index (χ0v) is 13.8. The largest absolute Gasteiger partial charge is 0.489 e. The van der Waals surface area contributed by atoms with E-state index in [0.29, 0.717) is 13.2 Å². The van der Waals surface area contributed by atoms with Gasteiger partial charge in [-0.1, -0.05) is 54.6 Å². The van der Waals surface area contributed by atoms with Crippen LogP contribution in [0.25, 0.3) is 10.8 Å². The highest BCUT2D eigenvalue weighted by Crippen LogP contribution is 2.29. The van der Waals surface area contributed by atoms with Crippen molar-refractivity contribution in [3.8, 4) is 5.75 Å². The van der Waals surface area contributed by atoms with Crippen molar-refractivity contribution in [3.63, 3.8) is 0 Å². The van der Waals surface area contributed by atoms with E-state index >= 15 is 0 Å². The predicted molar refractivity (Wildman–Crippen MR) is 98.4 cm³/mol. The predicted octanol–water partition coefficient (Wildman–Crippen LogP) is 5.81. The summed E-state index contributed by atoms with van der Waals surface area (Å²) in [6.07, 6.45) is 1.71. The molecular weight excluding hydrogens is 325 g/mol. The number of nitrogens with one attached hydrogen (secondary N) is 1. The number of rotatable bonds is 6. The summed E-state index contributed by atoms with van der Waals surface area (Å²) in [6.45, 7) is 4.66. The summed E-state index contributed by atoms with van der Waals surface area (Å²) in [4.78, 5) is 0. The van der Waals surface area contributed by atoms with Crippen LogP contribution in [0.3, 0.4) is 0 Å². The third kappa shape index (κ3) is 3.52. The fraction of sp³-hybridized carbons (Fsp3) is 0.100. The Morgan fingerprint density at radius 2 is 1.96 bits per heavy atom. The van der Waals surface area contributed by atoms with Crippen molar-refractivity contribution in [3.05, 3.63) is 83.7 Å². The second kappa shape index (κ2) is 7.37. The smallest absolute Gasteiger partial charge is 0.141 e. The van der Waals surface area contributed by atoms with E-state index in [-0.39, 0.29) is 5.02 Å². The van der Waals surface area contributed by atoms with E-state index < -0.39 is 5.82 Å². The molecule has 0 amide bonds. The van der Waals surface area contributed by atoms with Crippen molar-refractivity contribution < 1.29 is 9.13 Å². The highest BCUT2D eigenvalue weighted by Gasteiger charge is 2.09. The van der Waals surface area contributed by atoms with Crippen molar-refractivity contribution in [2.45, 2.75) is 6.54 Å². The Morgan fingerprint density at radius 1 is 1.12 bits per heavy atom. The molecule has 0 radical (unpaired) electrons. The number of fused-ring (bicyclic) bond motifs is 1. The molecule has 3 aromatic carbocycles. The van der Waals surface area contributed by atoms with Crippen molar-refractivity contribution in [2.75, 3.05) is 11.9 Å². The molecule has 24 heavy (non-hydrogen) atoms. The Morgan fingerprint density at radius 3 is 2.75 bits per heavy atom. The lowest BCUT2D eigenvalue weighted by Gasteiger charge is -2.15. The van der Waals surface area contributed by atoms with Gasteiger partial charge in [-0.3, -0.25) is 0 Å². The first-order valence-electron chi connectivity index (χ1n) is 7.62. The maximum Gasteiger partial charge on any atom is 0.141 e. The monoisotopic (exact) mass is 341 g/mol. The van der Waals surface area contributed by atoms with Crippen LogP contribution in [-0.2, 0) is 6.54 Å². The van der Waals surface area contributed by atoms with Crippen LogP contribution in [0.5, 0.6) is 5.75 Å². The van der Waals surface area contributed by atoms with Gasteiger partial charge in [-0.05, 0) is 35.0 Å². The van der Waals surface area contributed by atoms with E-state index in [0.717, 1.165) is 27.8 Å². The van der Waals surface area contributed by atoms with Gasteiger partial charge in [0.1, 0.15) is 18.2 Å². The first-order chi connectivity index (χ1) is 11.7. The van der Waals surface area contributed by atoms with Crippen molar-refractivity contribution in [1.29, 1.82) is 0 Å². The summed E-state index contributed by atoms with van der Waals surface area (Å²) in [6, 6.07) is 16.7. The fourth-order valence-corrected chi connectivity index (χ4v) is 2.76. The first-order valence-corrected chi connectivity index (χ1v) is 8.00. The summed E-state index contributed by atoms with van der Waals surface area (Å²) in [7, 11) is 0. The third-order valence-electron chi connectivity index (χ3n) is 3.74. The lowest BCUT2D eigenvalue weighted by Crippen LogP contribution is -2.04. The number of ether oxygens (including phenoxy) is 1. The minimum Gasteiger partial charge on any atom is -0.489 e. The van der Waals surface area contributed by atoms with Crippen LogP contribution in [0.15, 0.2) is 67.3 Å². The van der Waals surface area contributed by atoms with Gasteiger partial charge in [-0.2, -0.15) is 0 Å². The summed E-state index contributed by atoms with van der Waals surface area (Å²) in [5.74, 6) is 0.372. The maximum absolute atomic E-state index is 13.3. The van der Waals surface area contributed by atoms with Crippen molar-refractivity contribution in [1.82, 2.24) is 0 Å². The highest BCUT2D eigenvalue weighted by molar-refractivity contribution is 6.31. The molecule has 3 aromatic rings. The molecule has 0 saturated carbocycles. The van der Waals surface area contributed by atoms with E-state index in [1.165, 1.54) is 6.07 Å². The van der Waals surface area contributed by atoms with Gasteiger partial charge < -0.3 is 10.1 Å². The molecular formula is C20H17ClFNO. The Bertz CT molecular complexity index is 879. The summed E-state index contributed by atoms with van der Waals surface area (Å²) in [5.41, 5.74) is 1.79. The molecule has 2 nitrogen and oxygen atoms in total. The first kappa shape index (κ1) is 16.3. The van der Waals surface area contributed by atoms with E-state index in [2.05, 4.69) is 24.0 Å². The van der Waals surface area contributed by atoms with Crippen molar-refractivity contribution in [2.24, 2.45) is 0 Å². The fourth-order valence-electron chi connectivity index (χ4n) is 2.58. The van der Waals surface area contributed by atoms with Gasteiger partial charge in [0.05, 0.1) is 5.02 Å². The highest BCUT2D eigenvalue weighted by atomic mass is 35.5. The standard InChI is InChI=1S/C20H17ClFNO/c1-2-11-24-20-10-7-14-5-3-4-6-16(14)17(20)13-23-15-8-9-19(22)18(21)12-15/h2-10,12,23H,1,11,13H2. The second-order valence-electron chi connectivity index (χ2n) is 5.35. The minimum absolute atomic E-state index is 0.0982. The van der Waals surface area contributed by atoms with E-state index in [4.69, 9.17) is 16.3 Å². The summed E-state index contributed by atoms with van der Waals surface area (Å²) >= 11 is 5.84. The minimum atomic E-state index is -0.428. The van der Waals surface area contributed by atoms with Crippen LogP contribution in [0.2, 0.25) is 5.02 Å². The SMILES string of the molecule is C=CCOc1ccc2ccccc2c1CNc1ccc(F)c(Cl)c1. The molecule has 1 N–H and O–H groups in total. The van der Waals surface area contributed by atoms with Gasteiger partial charge in [-0.25, -0.2) is 4.39 Å². The van der Waals surface area contributed by atoms with Gasteiger partial charge in [0.2, 0.25) is 0 Å². The molecule has 0 atom stereocenters. The van der Waals surface area contributed by atoms with Crippen LogP contribution in [0.4, 0.5) is 10.1 Å². The lowest BCUT2D eigenvalue weighted by atomic mass is 10.0. The lowest BCUT2D eigenvalue weighted by molar-refractivity contribution is 0.360. The normalized spacial score (nSPS) is 10.6. The molecule has 4 heteroatoms. The Kier molecular flexibility index (Phi) is 5.02. The number of benzene rings is 3. The van der Waals surface area contributed by atoms with Crippen LogP contribution >= 0.6 is 11.6 Å². The van der Waals surface area contributed by atoms with E-state index in [1.54, 1.807) is 18.2 Å². The zero-order valence-electron chi connectivity index (χ0n) is 13.1. The topological polar surface area (TPSA) is 21.3 Å². The average molecular weight is 342 g/mol. The number of hydrogen-bond acceptors (Lipinski definition) is 2. The molecule has 122 valence electrons. The van der Waals surface area contributed by atoms with Crippen LogP contribution in [0, 0.1) is 5.82 Å². The van der Waals surface area contributed by atoms with Gasteiger partial charge in [-0.15, -0.1) is 0 Å². The zero-order chi connectivity index (χ0) is 16.9. The molecule has 0 fully saturated rings. The number of anilines is 1. The summed E-state index contributed by atoms with van der Waals surface area (Å²) in [5, 5.41) is 5.63. The van der Waals surface area contributed by atoms with Gasteiger partial charge >= 0.3 is 0 Å². The molecule has 0 aliphatic rings. The molecule has 0 aliphatic heterocycles. The number of halogens is 2. The second-order valence-corrected chi connectivity index (χ2v) is 5.75. The molecule has 0 spiro atoms. The number of hydrogen-bond donors (Lipinski definition) is 1. The molecule has 0 saturated heterocycles. The Hall–Kier alpha value is -2.52. The maximum atomic E-state index is 13.3. The van der Waals surface area contributed by atoms with Gasteiger partial charge in [0.15, 0.2) is 0 Å². The molecule has 3 rings (SSSR count). The molecule has 0 bridgehead atoms. The average Bonchev–Trinajstić information content (AvgIpc) is 2.61. The van der Waals surface area contributed by atoms with Crippen LogP contribution < -0.4 is 10.1 Å². The Labute approximate surface area is 145 Å². The quantitative estimate of drug-likeness (QED) is 0.571. The van der Waals surface area contributed by atoms with Gasteiger partial charge in [0.25, 0.3) is 0 Å². The molecule has 0 aromatic heterocycles. The van der Waals surface area contributed by atoms with Crippen molar-refractivity contribution >= 4 is 28.1 Å².